The third-order valence-corrected chi connectivity index (χ3v) is 14.4. The van der Waals surface area contributed by atoms with E-state index in [2.05, 4.69) is 163 Å². The molecule has 0 aliphatic heterocycles. The maximum Gasteiger partial charge on any atom is 0.323 e. The molecule has 0 fully saturated rings. The second-order valence-electron chi connectivity index (χ2n) is 24.6. The molecule has 14 heteroatoms. The summed E-state index contributed by atoms with van der Waals surface area (Å²) in [7, 11) is 0. The first kappa shape index (κ1) is 53.1. The van der Waals surface area contributed by atoms with Gasteiger partial charge < -0.3 is 30.1 Å². The van der Waals surface area contributed by atoms with Crippen molar-refractivity contribution in [2.24, 2.45) is 21.1 Å². The largest absolute Gasteiger partial charge is 0.505 e. The highest BCUT2D eigenvalue weighted by Crippen LogP contribution is 2.48. The summed E-state index contributed by atoms with van der Waals surface area (Å²) >= 11 is 6.43. The van der Waals surface area contributed by atoms with Crippen LogP contribution in [0.3, 0.4) is 0 Å². The molecule has 0 unspecified atom stereocenters. The van der Waals surface area contributed by atoms with Crippen LogP contribution in [0.4, 0.5) is 11.4 Å². The van der Waals surface area contributed by atoms with Gasteiger partial charge >= 0.3 is 11.4 Å². The molecule has 0 spiro atoms. The highest BCUT2D eigenvalue weighted by atomic mass is 35.5. The molecule has 9 rings (SSSR count). The first-order valence-electron chi connectivity index (χ1n) is 25.1. The van der Waals surface area contributed by atoms with E-state index in [0.29, 0.717) is 55.2 Å². The number of rotatable bonds is 11. The van der Waals surface area contributed by atoms with E-state index in [9.17, 15) is 19.8 Å². The lowest BCUT2D eigenvalue weighted by Gasteiger charge is -2.35. The Bertz CT molecular complexity index is 3620. The number of nitrogens with zero attached hydrogens (tertiary/aromatic N) is 5. The van der Waals surface area contributed by atoms with E-state index in [0.717, 1.165) is 46.2 Å². The molecule has 0 saturated carbocycles. The minimum Gasteiger partial charge on any atom is -0.505 e. The van der Waals surface area contributed by atoms with Crippen molar-refractivity contribution in [3.8, 4) is 17.2 Å². The van der Waals surface area contributed by atoms with Crippen molar-refractivity contribution in [2.75, 3.05) is 0 Å². The van der Waals surface area contributed by atoms with Crippen LogP contribution in [0.1, 0.15) is 143 Å². The van der Waals surface area contributed by atoms with E-state index >= 15 is 0 Å². The minimum atomic E-state index is -0.482. The van der Waals surface area contributed by atoms with Crippen molar-refractivity contribution in [2.45, 2.75) is 131 Å². The number of halogens is 1. The Morgan fingerprint density at radius 2 is 0.878 bits per heavy atom. The van der Waals surface area contributed by atoms with Gasteiger partial charge in [0.25, 0.3) is 0 Å². The van der Waals surface area contributed by atoms with Gasteiger partial charge in [-0.3, -0.25) is 0 Å². The Morgan fingerprint density at radius 1 is 0.486 bits per heavy atom. The lowest BCUT2D eigenvalue weighted by atomic mass is 9.70. The second-order valence-corrected chi connectivity index (χ2v) is 25.0. The van der Waals surface area contributed by atoms with Gasteiger partial charge in [-0.25, -0.2) is 9.59 Å². The smallest absolute Gasteiger partial charge is 0.323 e. The van der Waals surface area contributed by atoms with E-state index in [1.54, 1.807) is 24.3 Å². The molecule has 6 aromatic carbocycles. The summed E-state index contributed by atoms with van der Waals surface area (Å²) in [5.74, 6) is 0.239. The Balaban J connectivity index is 0.000000197. The molecule has 9 aromatic rings. The molecule has 0 atom stereocenters. The van der Waals surface area contributed by atoms with Gasteiger partial charge in [0.2, 0.25) is 0 Å². The summed E-state index contributed by atoms with van der Waals surface area (Å²) in [6.45, 7) is 30.8. The van der Waals surface area contributed by atoms with Crippen molar-refractivity contribution < 1.29 is 10.2 Å². The van der Waals surface area contributed by atoms with Gasteiger partial charge in [0.1, 0.15) is 39.6 Å². The molecule has 6 N–H and O–H groups in total. The zero-order chi connectivity index (χ0) is 53.9. The van der Waals surface area contributed by atoms with E-state index < -0.39 is 10.8 Å². The highest BCUT2D eigenvalue weighted by Gasteiger charge is 2.35. The number of hydrogen-bond donors (Lipinski definition) is 6. The maximum absolute atomic E-state index is 11.7. The quantitative estimate of drug-likeness (QED) is 0.0698. The molecule has 0 aliphatic rings. The number of hydrogen-bond acceptors (Lipinski definition) is 8. The van der Waals surface area contributed by atoms with Crippen molar-refractivity contribution in [1.29, 1.82) is 0 Å². The van der Waals surface area contributed by atoms with Crippen LogP contribution >= 0.6 is 11.6 Å². The van der Waals surface area contributed by atoms with Gasteiger partial charge in [-0.1, -0.05) is 181 Å². The van der Waals surface area contributed by atoms with E-state index in [1.165, 1.54) is 4.80 Å². The number of imidazole rings is 2. The number of aromatic hydroxyl groups is 2. The number of azo groups is 1. The molecule has 0 bridgehead atoms. The molecule has 0 saturated heterocycles. The molecular weight excluding hydrogens is 946 g/mol. The molecule has 13 nitrogen and oxygen atoms in total. The fraction of sp³-hybridized carbons (Fsp3) is 0.367. The first-order valence-corrected chi connectivity index (χ1v) is 25.5. The SMILES string of the molecule is CC(C)(C)CC(C)(C)c1cc(-n2nc3cc4[nH]c(=O)[nH]c4cc3n2)c(O)c(C(C)(C)c2ccccc2)c1.CC(C)(C)CC(C)(C)c1cc(N=Nc2cc3[nH]c(=O)[nH]c3cc2Cl)c(O)c(C(C)(C)c2ccccc2)c1. The summed E-state index contributed by atoms with van der Waals surface area (Å²) in [6, 6.07) is 35.4. The Kier molecular flexibility index (Phi) is 13.8. The third-order valence-electron chi connectivity index (χ3n) is 14.1. The van der Waals surface area contributed by atoms with Crippen molar-refractivity contribution in [3.05, 3.63) is 169 Å². The number of phenolic OH excluding ortho intramolecular Hbond substituents is 2. The van der Waals surface area contributed by atoms with Crippen molar-refractivity contribution in [1.82, 2.24) is 34.9 Å². The van der Waals surface area contributed by atoms with Gasteiger partial charge in [0, 0.05) is 22.0 Å². The van der Waals surface area contributed by atoms with Crippen LogP contribution < -0.4 is 11.4 Å². The Morgan fingerprint density at radius 3 is 1.32 bits per heavy atom. The molecule has 386 valence electrons. The standard InChI is InChI=1S/C30H35ClN4O2.C30H35N5O2/c1-28(2,3)17-29(4,5)19-13-20(30(6,7)18-11-9-8-10-12-18)26(36)25(14-19)35-34-22-16-24-23(15-21(22)31)32-27(37)33-24;1-28(2,3)17-29(4,5)19-13-20(30(6,7)18-11-9-8-10-12-18)26(36)25(14-19)35-33-23-15-21-22(16-24(23)34-35)32-27(37)31-21/h8-16,36H,17H2,1-7H3,(H2,32,33,37);8-16,36H,17H2,1-7H3,(H2,31,32,37). The maximum atomic E-state index is 11.7. The zero-order valence-corrected chi connectivity index (χ0v) is 45.9. The number of benzene rings is 6. The van der Waals surface area contributed by atoms with Crippen molar-refractivity contribution >= 4 is 56.1 Å². The van der Waals surface area contributed by atoms with E-state index in [-0.39, 0.29) is 44.5 Å². The van der Waals surface area contributed by atoms with Gasteiger partial charge in [0.05, 0.1) is 27.1 Å². The number of fused-ring (bicyclic) bond motifs is 3. The lowest BCUT2D eigenvalue weighted by Crippen LogP contribution is -2.27. The number of H-pyrrole nitrogens is 4. The molecule has 0 aliphatic carbocycles. The van der Waals surface area contributed by atoms with E-state index in [4.69, 9.17) is 21.8 Å². The second kappa shape index (κ2) is 19.2. The molecule has 0 amide bonds. The molecule has 0 radical (unpaired) electrons. The fourth-order valence-corrected chi connectivity index (χ4v) is 11.1. The molecular formula is C60H70ClN9O4. The summed E-state index contributed by atoms with van der Waals surface area (Å²) in [4.78, 5) is 35.8. The van der Waals surface area contributed by atoms with Crippen LogP contribution in [-0.4, -0.2) is 45.1 Å². The summed E-state index contributed by atoms with van der Waals surface area (Å²) in [5, 5.41) is 41.8. The normalized spacial score (nSPS) is 13.1. The van der Waals surface area contributed by atoms with Crippen LogP contribution in [0.25, 0.3) is 38.8 Å². The van der Waals surface area contributed by atoms with Gasteiger partial charge in [-0.05, 0) is 93.2 Å². The number of phenols is 2. The third kappa shape index (κ3) is 11.1. The van der Waals surface area contributed by atoms with E-state index in [1.807, 2.05) is 48.5 Å². The molecule has 3 aromatic heterocycles. The molecule has 3 heterocycles. The highest BCUT2D eigenvalue weighted by molar-refractivity contribution is 6.33. The Labute approximate surface area is 437 Å². The van der Waals surface area contributed by atoms with Gasteiger partial charge in [0.15, 0.2) is 0 Å². The van der Waals surface area contributed by atoms with Crippen LogP contribution in [-0.2, 0) is 21.7 Å². The Hall–Kier alpha value is -7.25. The van der Waals surface area contributed by atoms with Crippen LogP contribution in [0.15, 0.2) is 129 Å². The van der Waals surface area contributed by atoms with Gasteiger partial charge in [-0.2, -0.15) is 0 Å². The monoisotopic (exact) mass is 1020 g/mol. The van der Waals surface area contributed by atoms with Crippen LogP contribution in [0.2, 0.25) is 5.02 Å². The average molecular weight is 1020 g/mol. The number of aromatic amines is 4. The number of nitrogens with one attached hydrogen (secondary N) is 4. The topological polar surface area (TPSA) is 193 Å². The molecule has 74 heavy (non-hydrogen) atoms. The minimum absolute atomic E-state index is 0.0835. The van der Waals surface area contributed by atoms with Crippen LogP contribution in [0.5, 0.6) is 11.5 Å². The summed E-state index contributed by atoms with van der Waals surface area (Å²) in [5.41, 5.74) is 9.41. The predicted molar refractivity (Wildman–Crippen MR) is 301 cm³/mol. The van der Waals surface area contributed by atoms with Crippen LogP contribution in [0, 0.1) is 10.8 Å². The first-order chi connectivity index (χ1) is 34.4. The average Bonchev–Trinajstić information content (AvgIpc) is 4.00. The predicted octanol–water partition coefficient (Wildman–Crippen LogP) is 15.0. The zero-order valence-electron chi connectivity index (χ0n) is 45.1. The van der Waals surface area contributed by atoms with Gasteiger partial charge in [-0.15, -0.1) is 25.2 Å². The number of aromatic nitrogens is 7. The summed E-state index contributed by atoms with van der Waals surface area (Å²) < 4.78 is 0. The van der Waals surface area contributed by atoms with Crippen molar-refractivity contribution in [3.63, 3.8) is 0 Å². The summed E-state index contributed by atoms with van der Waals surface area (Å²) in [6.07, 6.45) is 1.90. The lowest BCUT2D eigenvalue weighted by molar-refractivity contribution is 0.283. The fourth-order valence-electron chi connectivity index (χ4n) is 10.9.